The van der Waals surface area contributed by atoms with Crippen molar-refractivity contribution in [1.29, 1.82) is 0 Å². The maximum atomic E-state index is 9.44. The predicted molar refractivity (Wildman–Crippen MR) is 24.4 cm³/mol. The molecule has 0 saturated heterocycles. The zero-order valence-electron chi connectivity index (χ0n) is 4.94. The van der Waals surface area contributed by atoms with Gasteiger partial charge in [-0.2, -0.15) is 0 Å². The van der Waals surface area contributed by atoms with Crippen LogP contribution in [0.2, 0.25) is 0 Å². The topological polar surface area (TPSA) is 63.6 Å². The van der Waals surface area contributed by atoms with E-state index in [-0.39, 0.29) is 12.7 Å². The normalized spacial score (nSPS) is 10.4. The molecule has 0 radical (unpaired) electrons. The molecule has 0 spiro atoms. The Kier molecular flexibility index (Phi) is 13.7. The molecule has 0 saturated carbocycles. The van der Waals surface area contributed by atoms with Crippen molar-refractivity contribution in [3.05, 3.63) is 0 Å². The first kappa shape index (κ1) is 11.5. The van der Waals surface area contributed by atoms with Gasteiger partial charge in [0.15, 0.2) is 0 Å². The molecule has 1 atom stereocenters. The van der Waals surface area contributed by atoms with Crippen molar-refractivity contribution < 1.29 is 34.7 Å². The van der Waals surface area contributed by atoms with E-state index >= 15 is 0 Å². The van der Waals surface area contributed by atoms with Crippen LogP contribution in [0.4, 0.5) is 0 Å². The average molecular weight is 172 g/mol. The Morgan fingerprint density at radius 1 is 1.78 bits per heavy atom. The van der Waals surface area contributed by atoms with E-state index in [1.807, 2.05) is 0 Å². The number of aliphatic hydroxyl groups is 1. The number of hydrogen-bond donors (Lipinski definition) is 1. The van der Waals surface area contributed by atoms with Crippen LogP contribution in [-0.4, -0.2) is 24.3 Å². The van der Waals surface area contributed by atoms with Gasteiger partial charge < -0.3 is 9.84 Å². The van der Waals surface area contributed by atoms with Crippen LogP contribution in [0.1, 0.15) is 6.92 Å². The number of hydrogen-bond acceptors (Lipinski definition) is 4. The summed E-state index contributed by atoms with van der Waals surface area (Å²) in [4.78, 5) is 9.44. The zero-order chi connectivity index (χ0) is 7.70. The maximum absolute atomic E-state index is 9.44. The number of aliphatic hydroxyl groups excluding tert-OH is 1. The average Bonchev–Trinajstić information content (AvgIpc) is 1.93. The van der Waals surface area contributed by atoms with Crippen LogP contribution in [0, 0.1) is 0 Å². The van der Waals surface area contributed by atoms with Crippen LogP contribution >= 0.6 is 0 Å². The van der Waals surface area contributed by atoms with Crippen molar-refractivity contribution in [2.75, 3.05) is 6.61 Å². The molecule has 0 fully saturated rings. The summed E-state index contributed by atoms with van der Waals surface area (Å²) in [5, 5.41) is 8.18. The summed E-state index contributed by atoms with van der Waals surface area (Å²) in [7, 11) is 0. The van der Waals surface area contributed by atoms with Gasteiger partial charge in [-0.25, -0.2) is 0 Å². The Morgan fingerprint density at radius 3 is 2.33 bits per heavy atom. The van der Waals surface area contributed by atoms with Crippen LogP contribution in [0.15, 0.2) is 0 Å². The van der Waals surface area contributed by atoms with Crippen molar-refractivity contribution in [2.24, 2.45) is 0 Å². The monoisotopic (exact) mass is 172 g/mol. The fraction of sp³-hybridized carbons (Fsp3) is 0.750. The van der Waals surface area contributed by atoms with Gasteiger partial charge in [0.2, 0.25) is 0 Å². The molecular formula is C4H8CrO4. The summed E-state index contributed by atoms with van der Waals surface area (Å²) in [6.45, 7) is 1.81. The molecule has 0 aliphatic rings. The van der Waals surface area contributed by atoms with Crippen molar-refractivity contribution in [2.45, 2.75) is 13.0 Å². The summed E-state index contributed by atoms with van der Waals surface area (Å²) in [6.07, 6.45) is -0.363. The van der Waals surface area contributed by atoms with Gasteiger partial charge in [0, 0.05) is 0 Å². The van der Waals surface area contributed by atoms with Crippen LogP contribution in [-0.2, 0) is 29.6 Å². The summed E-state index contributed by atoms with van der Waals surface area (Å²) < 4.78 is 12.4. The Hall–Kier alpha value is -0.238. The molecular weight excluding hydrogens is 164 g/mol. The molecule has 0 aromatic rings. The number of carbonyl (C=O) groups is 1. The van der Waals surface area contributed by atoms with Crippen LogP contribution in [0.5, 0.6) is 0 Å². The molecule has 1 unspecified atom stereocenters. The fourth-order valence-corrected chi connectivity index (χ4v) is 0.138. The summed E-state index contributed by atoms with van der Waals surface area (Å²) in [6, 6.07) is 0. The molecule has 4 nitrogen and oxygen atoms in total. The van der Waals surface area contributed by atoms with E-state index in [9.17, 15) is 4.79 Å². The van der Waals surface area contributed by atoms with Crippen molar-refractivity contribution in [3.63, 3.8) is 0 Å². The zero-order valence-corrected chi connectivity index (χ0v) is 6.22. The second kappa shape index (κ2) is 10.7. The van der Waals surface area contributed by atoms with Crippen molar-refractivity contribution >= 4 is 6.47 Å². The third-order valence-electron chi connectivity index (χ3n) is 0.545. The van der Waals surface area contributed by atoms with Gasteiger partial charge in [0.05, 0.1) is 6.61 Å². The Bertz CT molecular complexity index is 67.6. The third-order valence-corrected chi connectivity index (χ3v) is 0.545. The Morgan fingerprint density at radius 2 is 2.22 bits per heavy atom. The Balaban J connectivity index is 0. The van der Waals surface area contributed by atoms with Gasteiger partial charge in [-0.1, -0.05) is 0 Å². The van der Waals surface area contributed by atoms with Gasteiger partial charge in [-0.05, 0) is 6.92 Å². The van der Waals surface area contributed by atoms with Crippen LogP contribution < -0.4 is 0 Å². The van der Waals surface area contributed by atoms with Crippen molar-refractivity contribution in [3.8, 4) is 0 Å². The van der Waals surface area contributed by atoms with Gasteiger partial charge >= 0.3 is 20.0 Å². The van der Waals surface area contributed by atoms with Gasteiger partial charge in [0.1, 0.15) is 6.10 Å². The first-order chi connectivity index (χ1) is 4.31. The summed E-state index contributed by atoms with van der Waals surface area (Å²) >= 11 is 1.38. The molecule has 0 amide bonds. The van der Waals surface area contributed by atoms with E-state index in [1.165, 1.54) is 16.2 Å². The molecule has 5 heteroatoms. The molecule has 0 rings (SSSR count). The minimum absolute atomic E-state index is 0.112. The van der Waals surface area contributed by atoms with Crippen LogP contribution in [0.25, 0.3) is 0 Å². The number of carbonyl (C=O) groups excluding carboxylic acids is 1. The molecule has 1 N–H and O–H groups in total. The number of ether oxygens (including phenoxy) is 1. The van der Waals surface area contributed by atoms with E-state index in [0.717, 1.165) is 0 Å². The first-order valence-electron chi connectivity index (χ1n) is 2.18. The molecule has 0 aliphatic heterocycles. The van der Waals surface area contributed by atoms with E-state index in [1.54, 1.807) is 6.92 Å². The number of rotatable bonds is 3. The van der Waals surface area contributed by atoms with E-state index in [4.69, 9.17) is 8.91 Å². The van der Waals surface area contributed by atoms with Gasteiger partial charge in [-0.15, -0.1) is 0 Å². The molecule has 0 heterocycles. The molecule has 9 heavy (non-hydrogen) atoms. The fourth-order valence-electron chi connectivity index (χ4n) is 0.138. The summed E-state index contributed by atoms with van der Waals surface area (Å²) in [5.74, 6) is 0. The SMILES string of the molecule is CC(CO)OC=O.[O]=[Cr]. The molecule has 0 aliphatic carbocycles. The van der Waals surface area contributed by atoms with E-state index in [2.05, 4.69) is 4.74 Å². The second-order valence-corrected chi connectivity index (χ2v) is 1.23. The van der Waals surface area contributed by atoms with Gasteiger partial charge in [-0.3, -0.25) is 4.79 Å². The van der Waals surface area contributed by atoms with Crippen LogP contribution in [0.3, 0.4) is 0 Å². The summed E-state index contributed by atoms with van der Waals surface area (Å²) in [5.41, 5.74) is 0. The van der Waals surface area contributed by atoms with Gasteiger partial charge in [0.25, 0.3) is 6.47 Å². The minimum atomic E-state index is -0.363. The van der Waals surface area contributed by atoms with E-state index < -0.39 is 0 Å². The second-order valence-electron chi connectivity index (χ2n) is 1.23. The standard InChI is InChI=1S/C4H8O3.Cr.O/c1-4(2-5)7-3-6;;/h3-5H,2H2,1H3;;. The molecule has 0 aromatic carbocycles. The molecule has 0 aromatic heterocycles. The first-order valence-corrected chi connectivity index (χ1v) is 2.70. The predicted octanol–water partition coefficient (Wildman–Crippen LogP) is -0.581. The van der Waals surface area contributed by atoms with Crippen molar-refractivity contribution in [1.82, 2.24) is 0 Å². The molecule has 54 valence electrons. The quantitative estimate of drug-likeness (QED) is 0.578. The van der Waals surface area contributed by atoms with E-state index in [0.29, 0.717) is 6.47 Å². The third kappa shape index (κ3) is 11.4. The Labute approximate surface area is 61.4 Å². The molecule has 0 bridgehead atoms.